The molecule has 0 aliphatic heterocycles. The maximum atomic E-state index is 4.03. The predicted molar refractivity (Wildman–Crippen MR) is 39.9 cm³/mol. The third kappa shape index (κ3) is 6.49. The standard InChI is InChI=1S/C4H9O.2CH3.Al/c1-3-4-5-2;;;/h1,3-4H2,2H3;2*1H3;/p+1. The van der Waals surface area contributed by atoms with Crippen molar-refractivity contribution in [1.82, 2.24) is 0 Å². The van der Waals surface area contributed by atoms with Gasteiger partial charge < -0.3 is 4.74 Å². The minimum atomic E-state index is -0.262. The Labute approximate surface area is 56.4 Å². The van der Waals surface area contributed by atoms with Crippen LogP contribution in [0.4, 0.5) is 0 Å². The van der Waals surface area contributed by atoms with Gasteiger partial charge in [-0.15, -0.1) is 11.6 Å². The summed E-state index contributed by atoms with van der Waals surface area (Å²) in [5, 5.41) is 1.46. The van der Waals surface area contributed by atoms with Crippen molar-refractivity contribution in [2.24, 2.45) is 0 Å². The van der Waals surface area contributed by atoms with E-state index in [0.29, 0.717) is 0 Å². The zero-order chi connectivity index (χ0) is 6.41. The molecule has 1 N–H and O–H groups in total. The molecule has 1 nitrogen and oxygen atoms in total. The number of ether oxygens (including phenoxy) is 1. The van der Waals surface area contributed by atoms with Gasteiger partial charge >= 0.3 is 0 Å². The molecule has 48 valence electrons. The maximum Gasteiger partial charge on any atom is 0.255 e. The molecule has 0 aliphatic carbocycles. The molecule has 2 heteroatoms. The lowest BCUT2D eigenvalue weighted by atomic mass is 10.5. The molecule has 0 aromatic rings. The molecule has 0 atom stereocenters. The lowest BCUT2D eigenvalue weighted by molar-refractivity contribution is 0.0160. The first-order chi connectivity index (χ1) is 3.77. The van der Waals surface area contributed by atoms with E-state index in [-0.39, 0.29) is 14.1 Å². The summed E-state index contributed by atoms with van der Waals surface area (Å²) in [6.07, 6.45) is 1.32. The van der Waals surface area contributed by atoms with Crippen molar-refractivity contribution in [3.63, 3.8) is 0 Å². The van der Waals surface area contributed by atoms with Crippen molar-refractivity contribution < 1.29 is 4.74 Å². The highest BCUT2D eigenvalue weighted by Crippen LogP contribution is 1.94. The molecule has 0 unspecified atom stereocenters. The van der Waals surface area contributed by atoms with Gasteiger partial charge in [0.05, 0.1) is 0 Å². The molecule has 0 heterocycles. The molecule has 0 aromatic carbocycles. The number of hydrogen-bond acceptors (Lipinski definition) is 0. The van der Waals surface area contributed by atoms with Gasteiger partial charge in [-0.25, -0.2) is 0 Å². The van der Waals surface area contributed by atoms with Crippen LogP contribution in [0, 0.1) is 0 Å². The second-order valence-electron chi connectivity index (χ2n) is 2.58. The second kappa shape index (κ2) is 5.63. The highest BCUT2D eigenvalue weighted by atomic mass is 27.2. The van der Waals surface area contributed by atoms with E-state index in [9.17, 15) is 0 Å². The van der Waals surface area contributed by atoms with Crippen LogP contribution in [0.3, 0.4) is 0 Å². The second-order valence-corrected chi connectivity index (χ2v) is 5.94. The van der Waals surface area contributed by atoms with Gasteiger partial charge in [0.1, 0.15) is 13.7 Å². The predicted octanol–water partition coefficient (Wildman–Crippen LogP) is 1.29. The van der Waals surface area contributed by atoms with Crippen LogP contribution in [0.5, 0.6) is 0 Å². The summed E-state index contributed by atoms with van der Waals surface area (Å²) >= 11 is -0.262. The normalized spacial score (nSPS) is 9.38. The van der Waals surface area contributed by atoms with Gasteiger partial charge in [0.25, 0.3) is 14.1 Å². The summed E-state index contributed by atoms with van der Waals surface area (Å²) in [7, 11) is 1.89. The molecule has 0 saturated heterocycles. The third-order valence-corrected chi connectivity index (χ3v) is 2.73. The van der Waals surface area contributed by atoms with E-state index in [4.69, 9.17) is 0 Å². The Kier molecular flexibility index (Phi) is 5.97. The van der Waals surface area contributed by atoms with Crippen LogP contribution in [0.25, 0.3) is 0 Å². The average molecular weight is 131 g/mol. The SMILES string of the molecule is C[OH+]CC[CH2][Al]([CH3])[CH3]. The molecular weight excluding hydrogens is 115 g/mol. The fraction of sp³-hybridized carbons (Fsp3) is 1.00. The number of aliphatic hydroxyl groups is 2. The van der Waals surface area contributed by atoms with Gasteiger partial charge in [-0.05, 0) is 0 Å². The molecule has 0 spiro atoms. The summed E-state index contributed by atoms with van der Waals surface area (Å²) in [5.74, 6) is 4.77. The fourth-order valence-corrected chi connectivity index (χ4v) is 1.66. The Bertz CT molecular complexity index is 45.8. The largest absolute Gasteiger partial charge is 0.436 e. The van der Waals surface area contributed by atoms with Gasteiger partial charge in [0.2, 0.25) is 0 Å². The van der Waals surface area contributed by atoms with Crippen LogP contribution in [0.1, 0.15) is 6.42 Å². The van der Waals surface area contributed by atoms with Crippen LogP contribution < -0.4 is 0 Å². The van der Waals surface area contributed by atoms with E-state index in [1.807, 2.05) is 7.11 Å². The van der Waals surface area contributed by atoms with E-state index in [1.165, 1.54) is 11.7 Å². The topological polar surface area (TPSA) is 12.8 Å². The van der Waals surface area contributed by atoms with Crippen LogP contribution >= 0.6 is 0 Å². The minimum Gasteiger partial charge on any atom is -0.436 e. The van der Waals surface area contributed by atoms with Gasteiger partial charge in [-0.3, -0.25) is 0 Å². The summed E-state index contributed by atoms with van der Waals surface area (Å²) in [4.78, 5) is 0. The minimum absolute atomic E-state index is 0.262. The average Bonchev–Trinajstić information content (AvgIpc) is 1.66. The highest BCUT2D eigenvalue weighted by molar-refractivity contribution is 6.55. The Balaban J connectivity index is 2.72. The van der Waals surface area contributed by atoms with Crippen molar-refractivity contribution in [3.05, 3.63) is 0 Å². The van der Waals surface area contributed by atoms with Crippen molar-refractivity contribution >= 4 is 14.1 Å². The van der Waals surface area contributed by atoms with Crippen molar-refractivity contribution in [2.75, 3.05) is 13.7 Å². The van der Waals surface area contributed by atoms with Crippen LogP contribution in [-0.2, 0) is 0 Å². The lowest BCUT2D eigenvalue weighted by Crippen LogP contribution is -2.02. The first-order valence-corrected chi connectivity index (χ1v) is 6.45. The summed E-state index contributed by atoms with van der Waals surface area (Å²) in [6, 6.07) is 0. The van der Waals surface area contributed by atoms with Crippen LogP contribution in [0.2, 0.25) is 16.9 Å². The third-order valence-electron chi connectivity index (χ3n) is 1.16. The van der Waals surface area contributed by atoms with Crippen molar-refractivity contribution in [1.29, 1.82) is 0 Å². The zero-order valence-corrected chi connectivity index (χ0v) is 7.30. The molecule has 0 rings (SSSR count). The first-order valence-electron chi connectivity index (χ1n) is 3.33. The van der Waals surface area contributed by atoms with Gasteiger partial charge in [-0.1, -0.05) is 5.28 Å². The van der Waals surface area contributed by atoms with E-state index >= 15 is 0 Å². The van der Waals surface area contributed by atoms with Gasteiger partial charge in [0.15, 0.2) is 0 Å². The van der Waals surface area contributed by atoms with Crippen molar-refractivity contribution in [2.45, 2.75) is 23.3 Å². The van der Waals surface area contributed by atoms with E-state index in [0.717, 1.165) is 6.61 Å². The van der Waals surface area contributed by atoms with Crippen LogP contribution in [0.15, 0.2) is 0 Å². The summed E-state index contributed by atoms with van der Waals surface area (Å²) in [5.41, 5.74) is 0. The Morgan fingerprint density at radius 3 is 2.38 bits per heavy atom. The Hall–Kier alpha value is 0.492. The molecule has 0 aromatic heterocycles. The van der Waals surface area contributed by atoms with E-state index in [1.54, 1.807) is 0 Å². The molecule has 0 radical (unpaired) electrons. The summed E-state index contributed by atoms with van der Waals surface area (Å²) in [6.45, 7) is 1.07. The smallest absolute Gasteiger partial charge is 0.255 e. The molecular formula is C6H16AlO+. The van der Waals surface area contributed by atoms with Gasteiger partial charge in [-0.2, -0.15) is 0 Å². The van der Waals surface area contributed by atoms with Gasteiger partial charge in [0, 0.05) is 6.42 Å². The van der Waals surface area contributed by atoms with Crippen molar-refractivity contribution in [3.8, 4) is 0 Å². The molecule has 0 fully saturated rings. The highest BCUT2D eigenvalue weighted by Gasteiger charge is 2.00. The number of hydrogen-bond donors (Lipinski definition) is 0. The lowest BCUT2D eigenvalue weighted by Gasteiger charge is -1.94. The fourth-order valence-electron chi connectivity index (χ4n) is 0.658. The maximum absolute atomic E-state index is 4.03. The van der Waals surface area contributed by atoms with E-state index in [2.05, 4.69) is 16.3 Å². The molecule has 0 aliphatic rings. The monoisotopic (exact) mass is 131 g/mol. The Morgan fingerprint density at radius 1 is 1.38 bits per heavy atom. The zero-order valence-electron chi connectivity index (χ0n) is 6.15. The molecule has 0 amide bonds. The summed E-state index contributed by atoms with van der Waals surface area (Å²) < 4.78 is 4.03. The van der Waals surface area contributed by atoms with Crippen LogP contribution in [-0.4, -0.2) is 32.6 Å². The molecule has 0 bridgehead atoms. The van der Waals surface area contributed by atoms with E-state index < -0.39 is 0 Å². The molecule has 0 saturated carbocycles. The quantitative estimate of drug-likeness (QED) is 0.310. The molecule has 8 heavy (non-hydrogen) atoms. The Morgan fingerprint density at radius 2 is 2.00 bits per heavy atom. The first kappa shape index (κ1) is 8.49. The number of rotatable bonds is 4.